The van der Waals surface area contributed by atoms with E-state index in [0.717, 1.165) is 164 Å². The van der Waals surface area contributed by atoms with E-state index in [-0.39, 0.29) is 17.8 Å². The Labute approximate surface area is 778 Å². The number of aryl methyl sites for hydroxylation is 1. The lowest BCUT2D eigenvalue weighted by molar-refractivity contribution is -0.141. The second kappa shape index (κ2) is 37.2. The molecule has 5 aromatic carbocycles. The van der Waals surface area contributed by atoms with E-state index in [1.165, 1.54) is 0 Å². The molecule has 3 fully saturated rings. The highest BCUT2D eigenvalue weighted by atomic mass is 16.5. The fraction of sp³-hybridized carbons (Fsp3) is 0.182. The number of aromatic nitrogens is 22. The number of pyridine rings is 3. The number of piperidine rings is 3. The van der Waals surface area contributed by atoms with Crippen LogP contribution in [-0.4, -0.2) is 193 Å². The minimum atomic E-state index is -0.812. The first kappa shape index (κ1) is 87.3. The molecule has 0 amide bonds. The maximum Gasteiger partial charge on any atom is 0.320 e. The van der Waals surface area contributed by atoms with Gasteiger partial charge in [-0.15, -0.1) is 0 Å². The number of carboxylic acid groups (broad SMARTS) is 3. The van der Waals surface area contributed by atoms with Crippen molar-refractivity contribution >= 4 is 119 Å². The topological polar surface area (TPSA) is 536 Å². The standard InChI is InChI=1S/C23H19N5O2.C21H20N6O2.C20H16N6.C19H19N7O2.C16H18N6O2/c1-29-20-8-7-14(10-21(20)30-2)17-13-26-28-22(24)11-19(27-23(17)28)16-9-15-5-3-4-6-18(15)25-12-16;22-19-8-18(13-5-6-17(21(28)29)24-9-13)26-20-15(11-25-27(19)20)14-7-12-3-1-2-4-16(12)23-10-14;1-25-7-6-14(12-25)16-11-23-26-19(21)9-18(24-20(16)26)15-8-13-4-2-3-5-17(13)22-10-15;20-17-6-16(11-2-4-15(19(27)28)21-7-11)24-18-13(9-23-26(17)18)10-1-3-14-12(5-10)8-22-25-14;17-14-5-13(10-1-2-12(16(23)24)19-7-10)21-15-11(8-20-22(14)15)9-3-4-18-6-9/h3-13H,24H2,1-2H3;1-4,7-8,10-11,13,17,24H,5-6,9,22H2,(H,28,29);2-12H,21H2,1H3;1,3,5-6,8-9,11,15,21H,2,4,7,20H2,(H,22,25)(H,27,28);3-6,8,10,12,18-19H,1-2,7,17H2,(H,23,24). The second-order valence-corrected chi connectivity index (χ2v) is 33.8. The Morgan fingerprint density at radius 1 is 0.372 bits per heavy atom. The summed E-state index contributed by atoms with van der Waals surface area (Å²) in [6, 6.07) is 53.5. The minimum absolute atomic E-state index is 0.107. The lowest BCUT2D eigenvalue weighted by Gasteiger charge is -2.27. The molecule has 0 saturated carbocycles. The Hall–Kier alpha value is -17.6. The summed E-state index contributed by atoms with van der Waals surface area (Å²) in [6.07, 6.45) is 27.8. The van der Waals surface area contributed by atoms with E-state index < -0.39 is 36.0 Å². The summed E-state index contributed by atoms with van der Waals surface area (Å²) < 4.78 is 21.0. The molecule has 16 aromatic heterocycles. The number of aromatic amines is 2. The summed E-state index contributed by atoms with van der Waals surface area (Å²) in [6.45, 7) is 1.69. The molecule has 0 spiro atoms. The first-order valence-corrected chi connectivity index (χ1v) is 44.3. The van der Waals surface area contributed by atoms with Crippen molar-refractivity contribution in [2.24, 2.45) is 7.05 Å². The molecule has 3 aliphatic heterocycles. The molecule has 686 valence electrons. The van der Waals surface area contributed by atoms with Gasteiger partial charge in [-0.25, -0.2) is 24.9 Å². The minimum Gasteiger partial charge on any atom is -0.493 e. The molecule has 38 nitrogen and oxygen atoms in total. The van der Waals surface area contributed by atoms with E-state index in [0.29, 0.717) is 102 Å². The van der Waals surface area contributed by atoms with E-state index in [1.807, 2.05) is 207 Å². The molecule has 0 aliphatic carbocycles. The zero-order valence-electron chi connectivity index (χ0n) is 74.2. The van der Waals surface area contributed by atoms with Gasteiger partial charge in [0.2, 0.25) is 0 Å². The van der Waals surface area contributed by atoms with Crippen LogP contribution in [-0.2, 0) is 21.4 Å². The molecule has 6 unspecified atom stereocenters. The van der Waals surface area contributed by atoms with Crippen molar-refractivity contribution in [3.05, 3.63) is 267 Å². The van der Waals surface area contributed by atoms with Gasteiger partial charge in [-0.2, -0.15) is 53.2 Å². The molecule has 0 bridgehead atoms. The normalized spacial score (nSPS) is 16.5. The summed E-state index contributed by atoms with van der Waals surface area (Å²) >= 11 is 0. The van der Waals surface area contributed by atoms with Crippen molar-refractivity contribution < 1.29 is 39.2 Å². The number of H-pyrrole nitrogens is 2. The average molecular weight is 1830 g/mol. The van der Waals surface area contributed by atoms with Crippen LogP contribution in [0.25, 0.3) is 150 Å². The molecule has 21 aromatic rings. The van der Waals surface area contributed by atoms with E-state index in [2.05, 4.69) is 89.8 Å². The second-order valence-electron chi connectivity index (χ2n) is 33.8. The number of carboxylic acids is 3. The third-order valence-corrected chi connectivity index (χ3v) is 25.1. The number of para-hydroxylation sites is 3. The van der Waals surface area contributed by atoms with E-state index in [1.54, 1.807) is 74.0 Å². The van der Waals surface area contributed by atoms with Crippen LogP contribution in [0.5, 0.6) is 11.5 Å². The Morgan fingerprint density at radius 2 is 0.752 bits per heavy atom. The molecular weight excluding hydrogens is 1740 g/mol. The zero-order chi connectivity index (χ0) is 94.2. The number of anilines is 5. The van der Waals surface area contributed by atoms with Crippen LogP contribution in [0.3, 0.4) is 0 Å². The highest BCUT2D eigenvalue weighted by Gasteiger charge is 2.32. The third kappa shape index (κ3) is 17.6. The molecule has 24 rings (SSSR count). The number of nitrogens with zero attached hydrogens (tertiary/aromatic N) is 20. The van der Waals surface area contributed by atoms with Crippen LogP contribution in [0.1, 0.15) is 73.4 Å². The van der Waals surface area contributed by atoms with Gasteiger partial charge in [-0.05, 0) is 122 Å². The highest BCUT2D eigenvalue weighted by molar-refractivity contribution is 5.92. The van der Waals surface area contributed by atoms with Gasteiger partial charge in [0, 0.05) is 195 Å². The lowest BCUT2D eigenvalue weighted by atomic mass is 9.92. The van der Waals surface area contributed by atoms with Gasteiger partial charge in [0.15, 0.2) is 39.7 Å². The van der Waals surface area contributed by atoms with Crippen LogP contribution >= 0.6 is 0 Å². The van der Waals surface area contributed by atoms with Gasteiger partial charge in [0.1, 0.15) is 47.2 Å². The number of nitrogens with two attached hydrogens (primary N) is 5. The number of ether oxygens (including phenoxy) is 2. The van der Waals surface area contributed by atoms with Gasteiger partial charge < -0.3 is 79.0 Å². The maximum atomic E-state index is 11.2. The van der Waals surface area contributed by atoms with Gasteiger partial charge in [0.25, 0.3) is 0 Å². The summed E-state index contributed by atoms with van der Waals surface area (Å²) in [4.78, 5) is 74.2. The summed E-state index contributed by atoms with van der Waals surface area (Å²) in [5.41, 5.74) is 53.7. The average Bonchev–Trinajstić information content (AvgIpc) is 1.66. The Kier molecular flexibility index (Phi) is 23.7. The molecule has 18 N–H and O–H groups in total. The number of hydrogen-bond acceptors (Lipinski definition) is 27. The number of fused-ring (bicyclic) bond motifs is 9. The quantitative estimate of drug-likeness (QED) is 0.0453. The number of rotatable bonds is 15. The molecule has 19 heterocycles. The van der Waals surface area contributed by atoms with Crippen molar-refractivity contribution in [2.75, 3.05) is 62.5 Å². The summed E-state index contributed by atoms with van der Waals surface area (Å²) in [7, 11) is 5.21. The Balaban J connectivity index is 0.000000106. The lowest BCUT2D eigenvalue weighted by Crippen LogP contribution is -2.43. The van der Waals surface area contributed by atoms with Crippen LogP contribution in [0, 0.1) is 0 Å². The smallest absolute Gasteiger partial charge is 0.320 e. The predicted octanol–water partition coefficient (Wildman–Crippen LogP) is 13.2. The largest absolute Gasteiger partial charge is 0.493 e. The van der Waals surface area contributed by atoms with Crippen molar-refractivity contribution in [3.8, 4) is 89.6 Å². The number of carbonyl (C=O) groups is 3. The SMILES string of the molecule is COc1ccc(-c2cnn3c(N)cc(-c4cnc5ccccc5c4)nc23)cc1OC.Cn1ccc(-c2cnn3c(N)cc(-c4cnc5ccccc5c4)nc23)c1.Nc1cc(C2CCC(C(=O)O)NC2)nc2c(-c3cc[nH]c3)cnn12.Nc1cc(C2CCC(C(=O)O)NC2)nc2c(-c3ccc4[nH]ncc4c3)cnn12.Nc1cc(C2CCC(C(=O)O)NC2)nc2c(-c3cnc4ccccc4c3)cnn12. The number of nitrogen functional groups attached to an aromatic ring is 5. The number of methoxy groups -OCH3 is 2. The number of hydrogen-bond donors (Lipinski definition) is 13. The van der Waals surface area contributed by atoms with Gasteiger partial charge in [0.05, 0.1) is 102 Å². The van der Waals surface area contributed by atoms with E-state index in [9.17, 15) is 19.5 Å². The Bertz CT molecular complexity index is 8130. The van der Waals surface area contributed by atoms with E-state index >= 15 is 0 Å². The monoisotopic (exact) mass is 1830 g/mol. The zero-order valence-corrected chi connectivity index (χ0v) is 74.2. The molecule has 137 heavy (non-hydrogen) atoms. The summed E-state index contributed by atoms with van der Waals surface area (Å²) in [5.74, 6) is 1.81. The van der Waals surface area contributed by atoms with Crippen LogP contribution < -0.4 is 54.1 Å². The van der Waals surface area contributed by atoms with E-state index in [4.69, 9.17) is 73.3 Å². The van der Waals surface area contributed by atoms with Crippen molar-refractivity contribution in [3.63, 3.8) is 0 Å². The third-order valence-electron chi connectivity index (χ3n) is 25.1. The molecular formula is C99H92N30O8. The maximum absolute atomic E-state index is 11.2. The van der Waals surface area contributed by atoms with Crippen molar-refractivity contribution in [1.82, 2.24) is 124 Å². The highest BCUT2D eigenvalue weighted by Crippen LogP contribution is 2.40. The molecule has 3 aliphatic rings. The van der Waals surface area contributed by atoms with Gasteiger partial charge in [-0.3, -0.25) is 34.4 Å². The summed E-state index contributed by atoms with van der Waals surface area (Å²) in [5, 5.41) is 69.8. The number of aliphatic carboxylic acids is 3. The Morgan fingerprint density at radius 3 is 1.15 bits per heavy atom. The van der Waals surface area contributed by atoms with Gasteiger partial charge >= 0.3 is 17.9 Å². The van der Waals surface area contributed by atoms with Crippen LogP contribution in [0.15, 0.2) is 250 Å². The van der Waals surface area contributed by atoms with Gasteiger partial charge in [-0.1, -0.05) is 66.7 Å². The van der Waals surface area contributed by atoms with Crippen LogP contribution in [0.2, 0.25) is 0 Å². The predicted molar refractivity (Wildman–Crippen MR) is 521 cm³/mol. The first-order chi connectivity index (χ1) is 66.7. The molecule has 38 heteroatoms. The molecule has 6 atom stereocenters. The fourth-order valence-electron chi connectivity index (χ4n) is 17.8. The van der Waals surface area contributed by atoms with Crippen LogP contribution in [0.4, 0.5) is 29.1 Å². The molecule has 3 saturated heterocycles. The van der Waals surface area contributed by atoms with Crippen molar-refractivity contribution in [2.45, 2.75) is 74.4 Å². The number of benzene rings is 5. The molecule has 0 radical (unpaired) electrons. The fourth-order valence-corrected chi connectivity index (χ4v) is 17.8. The first-order valence-electron chi connectivity index (χ1n) is 44.3. The number of nitrogens with one attached hydrogen (secondary N) is 5. The van der Waals surface area contributed by atoms with Crippen molar-refractivity contribution in [1.29, 1.82) is 0 Å².